The third-order valence-electron chi connectivity index (χ3n) is 2.04. The van der Waals surface area contributed by atoms with Crippen molar-refractivity contribution in [1.29, 1.82) is 0 Å². The quantitative estimate of drug-likeness (QED) is 0.633. The monoisotopic (exact) mass is 139 g/mol. The molecule has 0 unspecified atom stereocenters. The van der Waals surface area contributed by atoms with E-state index in [1.54, 1.807) is 0 Å². The zero-order chi connectivity index (χ0) is 7.23. The Hall–Kier alpha value is -0.460. The largest absolute Gasteiger partial charge is 0.388 e. The average molecular weight is 139 g/mol. The third kappa shape index (κ3) is 2.42. The van der Waals surface area contributed by atoms with Gasteiger partial charge < -0.3 is 5.32 Å². The van der Waals surface area contributed by atoms with Gasteiger partial charge in [0.15, 0.2) is 0 Å². The van der Waals surface area contributed by atoms with E-state index in [0.29, 0.717) is 0 Å². The summed E-state index contributed by atoms with van der Waals surface area (Å²) in [5.41, 5.74) is 0. The number of hydrogen-bond acceptors (Lipinski definition) is 1. The van der Waals surface area contributed by atoms with Crippen molar-refractivity contribution in [2.45, 2.75) is 45.1 Å². The van der Waals surface area contributed by atoms with E-state index >= 15 is 0 Å². The minimum Gasteiger partial charge on any atom is -0.388 e. The highest BCUT2D eigenvalue weighted by molar-refractivity contribution is 4.84. The molecular formula is C9H17N. The first-order chi connectivity index (χ1) is 4.93. The van der Waals surface area contributed by atoms with E-state index in [9.17, 15) is 0 Å². The molecule has 1 aliphatic carbocycles. The van der Waals surface area contributed by atoms with Gasteiger partial charge >= 0.3 is 0 Å². The van der Waals surface area contributed by atoms with E-state index in [4.69, 9.17) is 0 Å². The highest BCUT2D eigenvalue weighted by Crippen LogP contribution is 2.17. The lowest BCUT2D eigenvalue weighted by Gasteiger charge is -2.07. The zero-order valence-electron chi connectivity index (χ0n) is 6.77. The van der Waals surface area contributed by atoms with Crippen molar-refractivity contribution >= 4 is 0 Å². The van der Waals surface area contributed by atoms with E-state index in [-0.39, 0.29) is 0 Å². The fraction of sp³-hybridized carbons (Fsp3) is 0.778. The van der Waals surface area contributed by atoms with Gasteiger partial charge in [-0.05, 0) is 25.5 Å². The first kappa shape index (κ1) is 7.64. The first-order valence-corrected chi connectivity index (χ1v) is 4.34. The van der Waals surface area contributed by atoms with Crippen molar-refractivity contribution < 1.29 is 0 Å². The highest BCUT2D eigenvalue weighted by atomic mass is 14.9. The topological polar surface area (TPSA) is 12.0 Å². The molecule has 58 valence electrons. The van der Waals surface area contributed by atoms with Crippen molar-refractivity contribution in [3.05, 3.63) is 12.3 Å². The number of hydrogen-bond donors (Lipinski definition) is 1. The van der Waals surface area contributed by atoms with Crippen LogP contribution in [0.3, 0.4) is 0 Å². The molecule has 1 nitrogen and oxygen atoms in total. The predicted molar refractivity (Wildman–Crippen MR) is 44.8 cm³/mol. The van der Waals surface area contributed by atoms with Gasteiger partial charge in [-0.15, -0.1) is 0 Å². The van der Waals surface area contributed by atoms with Crippen molar-refractivity contribution in [1.82, 2.24) is 5.32 Å². The SMILES string of the molecule is CCC=CNC1CCCC1. The smallest absolute Gasteiger partial charge is 0.0255 e. The molecule has 0 aromatic rings. The first-order valence-electron chi connectivity index (χ1n) is 4.34. The Morgan fingerprint density at radius 2 is 2.10 bits per heavy atom. The highest BCUT2D eigenvalue weighted by Gasteiger charge is 2.11. The van der Waals surface area contributed by atoms with Crippen molar-refractivity contribution in [3.63, 3.8) is 0 Å². The van der Waals surface area contributed by atoms with E-state index in [0.717, 1.165) is 12.5 Å². The number of nitrogens with one attached hydrogen (secondary N) is 1. The van der Waals surface area contributed by atoms with Crippen LogP contribution in [0, 0.1) is 0 Å². The Kier molecular flexibility index (Phi) is 3.34. The van der Waals surface area contributed by atoms with Crippen LogP contribution < -0.4 is 5.32 Å². The summed E-state index contributed by atoms with van der Waals surface area (Å²) in [7, 11) is 0. The molecule has 0 atom stereocenters. The van der Waals surface area contributed by atoms with Crippen molar-refractivity contribution in [2.75, 3.05) is 0 Å². The summed E-state index contributed by atoms with van der Waals surface area (Å²) in [6.07, 6.45) is 11.0. The molecule has 0 aliphatic heterocycles. The van der Waals surface area contributed by atoms with Gasteiger partial charge in [-0.2, -0.15) is 0 Å². The molecule has 0 bridgehead atoms. The molecule has 0 heterocycles. The second-order valence-electron chi connectivity index (χ2n) is 2.96. The van der Waals surface area contributed by atoms with Crippen LogP contribution >= 0.6 is 0 Å². The summed E-state index contributed by atoms with van der Waals surface area (Å²) in [6, 6.07) is 0.780. The van der Waals surface area contributed by atoms with Crippen LogP contribution in [0.4, 0.5) is 0 Å². The lowest BCUT2D eigenvalue weighted by molar-refractivity contribution is 0.606. The maximum absolute atomic E-state index is 3.40. The fourth-order valence-corrected chi connectivity index (χ4v) is 1.41. The van der Waals surface area contributed by atoms with Gasteiger partial charge in [0.05, 0.1) is 0 Å². The van der Waals surface area contributed by atoms with E-state index in [1.165, 1.54) is 25.7 Å². The summed E-state index contributed by atoms with van der Waals surface area (Å²) in [6.45, 7) is 2.16. The minimum absolute atomic E-state index is 0.780. The maximum atomic E-state index is 3.40. The van der Waals surface area contributed by atoms with Crippen LogP contribution in [0.25, 0.3) is 0 Å². The molecular weight excluding hydrogens is 122 g/mol. The Morgan fingerprint density at radius 3 is 2.70 bits per heavy atom. The average Bonchev–Trinajstić information content (AvgIpc) is 2.41. The molecule has 0 saturated heterocycles. The number of rotatable bonds is 3. The molecule has 0 radical (unpaired) electrons. The molecule has 0 aromatic heterocycles. The van der Waals surface area contributed by atoms with Gasteiger partial charge in [0, 0.05) is 6.04 Å². The lowest BCUT2D eigenvalue weighted by atomic mass is 10.2. The third-order valence-corrected chi connectivity index (χ3v) is 2.04. The summed E-state index contributed by atoms with van der Waals surface area (Å²) >= 11 is 0. The molecule has 1 saturated carbocycles. The molecule has 1 aliphatic rings. The number of allylic oxidation sites excluding steroid dienone is 1. The molecule has 1 rings (SSSR count). The van der Waals surface area contributed by atoms with Crippen LogP contribution in [-0.2, 0) is 0 Å². The van der Waals surface area contributed by atoms with Gasteiger partial charge in [0.2, 0.25) is 0 Å². The summed E-state index contributed by atoms with van der Waals surface area (Å²) in [4.78, 5) is 0. The molecule has 1 N–H and O–H groups in total. The van der Waals surface area contributed by atoms with E-state index in [1.807, 2.05) is 0 Å². The zero-order valence-corrected chi connectivity index (χ0v) is 6.77. The maximum Gasteiger partial charge on any atom is 0.0255 e. The fourth-order valence-electron chi connectivity index (χ4n) is 1.41. The Balaban J connectivity index is 2.06. The second-order valence-corrected chi connectivity index (χ2v) is 2.96. The minimum atomic E-state index is 0.780. The summed E-state index contributed by atoms with van der Waals surface area (Å²) in [5.74, 6) is 0. The van der Waals surface area contributed by atoms with E-state index < -0.39 is 0 Å². The molecule has 0 spiro atoms. The molecule has 1 fully saturated rings. The Morgan fingerprint density at radius 1 is 1.40 bits per heavy atom. The van der Waals surface area contributed by atoms with Crippen LogP contribution in [0.5, 0.6) is 0 Å². The second kappa shape index (κ2) is 4.37. The van der Waals surface area contributed by atoms with Crippen LogP contribution in [0.2, 0.25) is 0 Å². The van der Waals surface area contributed by atoms with Gasteiger partial charge in [-0.25, -0.2) is 0 Å². The van der Waals surface area contributed by atoms with Crippen LogP contribution in [0.1, 0.15) is 39.0 Å². The van der Waals surface area contributed by atoms with Crippen molar-refractivity contribution in [2.24, 2.45) is 0 Å². The normalized spacial score (nSPS) is 20.5. The molecule has 0 aromatic carbocycles. The Labute approximate surface area is 63.5 Å². The van der Waals surface area contributed by atoms with Gasteiger partial charge in [-0.1, -0.05) is 25.8 Å². The van der Waals surface area contributed by atoms with E-state index in [2.05, 4.69) is 24.5 Å². The molecule has 1 heteroatoms. The van der Waals surface area contributed by atoms with Crippen LogP contribution in [-0.4, -0.2) is 6.04 Å². The molecule has 0 amide bonds. The standard InChI is InChI=1S/C9H17N/c1-2-3-8-10-9-6-4-5-7-9/h3,8-10H,2,4-7H2,1H3. The van der Waals surface area contributed by atoms with Gasteiger partial charge in [0.25, 0.3) is 0 Å². The van der Waals surface area contributed by atoms with Crippen molar-refractivity contribution in [3.8, 4) is 0 Å². The van der Waals surface area contributed by atoms with Crippen LogP contribution in [0.15, 0.2) is 12.3 Å². The van der Waals surface area contributed by atoms with Gasteiger partial charge in [0.1, 0.15) is 0 Å². The summed E-state index contributed by atoms with van der Waals surface area (Å²) in [5, 5.41) is 3.40. The lowest BCUT2D eigenvalue weighted by Crippen LogP contribution is -2.19. The predicted octanol–water partition coefficient (Wildman–Crippen LogP) is 2.44. The van der Waals surface area contributed by atoms with Gasteiger partial charge in [-0.3, -0.25) is 0 Å². The summed E-state index contributed by atoms with van der Waals surface area (Å²) < 4.78 is 0. The Bertz CT molecular complexity index is 101. The molecule has 10 heavy (non-hydrogen) atoms.